The van der Waals surface area contributed by atoms with Gasteiger partial charge in [0.1, 0.15) is 11.5 Å². The van der Waals surface area contributed by atoms with Crippen LogP contribution in [0.4, 0.5) is 5.69 Å². The van der Waals surface area contributed by atoms with Gasteiger partial charge >= 0.3 is 0 Å². The molecule has 0 aliphatic rings. The minimum Gasteiger partial charge on any atom is -0.455 e. The largest absolute Gasteiger partial charge is 0.455 e. The van der Waals surface area contributed by atoms with Crippen LogP contribution < -0.4 is 10.5 Å². The van der Waals surface area contributed by atoms with E-state index < -0.39 is 0 Å². The van der Waals surface area contributed by atoms with E-state index in [1.165, 1.54) is 0 Å². The zero-order valence-electron chi connectivity index (χ0n) is 11.3. The molecule has 104 valence electrons. The highest BCUT2D eigenvalue weighted by atomic mass is 79.9. The van der Waals surface area contributed by atoms with Crippen molar-refractivity contribution in [1.29, 1.82) is 0 Å². The molecule has 0 bridgehead atoms. The molecule has 0 unspecified atom stereocenters. The molecule has 3 aromatic carbocycles. The predicted octanol–water partition coefficient (Wildman–Crippen LogP) is 5.49. The van der Waals surface area contributed by atoms with Crippen LogP contribution in [-0.2, 0) is 0 Å². The molecule has 3 aromatic rings. The second kappa shape index (κ2) is 6.02. The van der Waals surface area contributed by atoms with Gasteiger partial charge in [0.05, 0.1) is 5.69 Å². The molecule has 0 fully saturated rings. The third-order valence-corrected chi connectivity index (χ3v) is 3.66. The summed E-state index contributed by atoms with van der Waals surface area (Å²) in [4.78, 5) is 0. The van der Waals surface area contributed by atoms with Crippen molar-refractivity contribution in [2.75, 3.05) is 5.73 Å². The SMILES string of the molecule is Nc1cc(Br)ccc1Oc1ccccc1-c1ccccc1. The summed E-state index contributed by atoms with van der Waals surface area (Å²) in [5, 5.41) is 0. The summed E-state index contributed by atoms with van der Waals surface area (Å²) >= 11 is 3.40. The maximum Gasteiger partial charge on any atom is 0.150 e. The van der Waals surface area contributed by atoms with Gasteiger partial charge in [0.25, 0.3) is 0 Å². The van der Waals surface area contributed by atoms with Gasteiger partial charge in [-0.05, 0) is 29.8 Å². The third kappa shape index (κ3) is 3.09. The first-order valence-corrected chi connectivity index (χ1v) is 7.40. The molecule has 0 saturated carbocycles. The second-order valence-electron chi connectivity index (χ2n) is 4.65. The quantitative estimate of drug-likeness (QED) is 0.640. The normalized spacial score (nSPS) is 10.3. The van der Waals surface area contributed by atoms with E-state index >= 15 is 0 Å². The summed E-state index contributed by atoms with van der Waals surface area (Å²) in [5.41, 5.74) is 8.76. The highest BCUT2D eigenvalue weighted by molar-refractivity contribution is 9.10. The molecular formula is C18H14BrNO. The Balaban J connectivity index is 2.00. The Kier molecular flexibility index (Phi) is 3.93. The molecular weight excluding hydrogens is 326 g/mol. The average Bonchev–Trinajstić information content (AvgIpc) is 2.51. The van der Waals surface area contributed by atoms with Crippen molar-refractivity contribution in [2.24, 2.45) is 0 Å². The Hall–Kier alpha value is -2.26. The Bertz CT molecular complexity index is 756. The van der Waals surface area contributed by atoms with Crippen LogP contribution in [0.2, 0.25) is 0 Å². The molecule has 0 saturated heterocycles. The summed E-state index contributed by atoms with van der Waals surface area (Å²) in [6.07, 6.45) is 0. The van der Waals surface area contributed by atoms with Crippen molar-refractivity contribution in [3.05, 3.63) is 77.3 Å². The fourth-order valence-electron chi connectivity index (χ4n) is 2.14. The summed E-state index contributed by atoms with van der Waals surface area (Å²) in [6.45, 7) is 0. The van der Waals surface area contributed by atoms with Crippen molar-refractivity contribution >= 4 is 21.6 Å². The molecule has 2 nitrogen and oxygen atoms in total. The Morgan fingerprint density at radius 3 is 2.24 bits per heavy atom. The number of ether oxygens (including phenoxy) is 1. The van der Waals surface area contributed by atoms with Gasteiger partial charge in [-0.3, -0.25) is 0 Å². The standard InChI is InChI=1S/C18H14BrNO/c19-14-10-11-18(16(20)12-14)21-17-9-5-4-8-15(17)13-6-2-1-3-7-13/h1-12H,20H2. The van der Waals surface area contributed by atoms with Gasteiger partial charge in [0.2, 0.25) is 0 Å². The van der Waals surface area contributed by atoms with Gasteiger partial charge in [0.15, 0.2) is 0 Å². The minimum absolute atomic E-state index is 0.604. The fourth-order valence-corrected chi connectivity index (χ4v) is 2.52. The van der Waals surface area contributed by atoms with E-state index in [0.29, 0.717) is 11.4 Å². The maximum atomic E-state index is 6.00. The zero-order valence-corrected chi connectivity index (χ0v) is 12.9. The first-order chi connectivity index (χ1) is 10.2. The topological polar surface area (TPSA) is 35.2 Å². The first-order valence-electron chi connectivity index (χ1n) is 6.61. The van der Waals surface area contributed by atoms with Crippen molar-refractivity contribution in [3.8, 4) is 22.6 Å². The van der Waals surface area contributed by atoms with Gasteiger partial charge < -0.3 is 10.5 Å². The lowest BCUT2D eigenvalue weighted by molar-refractivity contribution is 0.487. The summed E-state index contributed by atoms with van der Waals surface area (Å²) < 4.78 is 6.94. The molecule has 0 atom stereocenters. The molecule has 0 aliphatic carbocycles. The fraction of sp³-hybridized carbons (Fsp3) is 0. The molecule has 2 N–H and O–H groups in total. The number of para-hydroxylation sites is 1. The third-order valence-electron chi connectivity index (χ3n) is 3.16. The molecule has 0 aromatic heterocycles. The van der Waals surface area contributed by atoms with E-state index in [9.17, 15) is 0 Å². The molecule has 0 radical (unpaired) electrons. The molecule has 0 aliphatic heterocycles. The Morgan fingerprint density at radius 1 is 0.762 bits per heavy atom. The van der Waals surface area contributed by atoms with Crippen LogP contribution >= 0.6 is 15.9 Å². The number of hydrogen-bond donors (Lipinski definition) is 1. The zero-order chi connectivity index (χ0) is 14.7. The molecule has 3 rings (SSSR count). The van der Waals surface area contributed by atoms with E-state index in [1.807, 2.05) is 60.7 Å². The van der Waals surface area contributed by atoms with E-state index in [-0.39, 0.29) is 0 Å². The van der Waals surface area contributed by atoms with Crippen molar-refractivity contribution in [1.82, 2.24) is 0 Å². The maximum absolute atomic E-state index is 6.00. The van der Waals surface area contributed by atoms with Crippen LogP contribution in [0.15, 0.2) is 77.3 Å². The molecule has 21 heavy (non-hydrogen) atoms. The smallest absolute Gasteiger partial charge is 0.150 e. The predicted molar refractivity (Wildman–Crippen MR) is 90.5 cm³/mol. The van der Waals surface area contributed by atoms with E-state index in [1.54, 1.807) is 0 Å². The number of anilines is 1. The van der Waals surface area contributed by atoms with Gasteiger partial charge in [-0.2, -0.15) is 0 Å². The van der Waals surface area contributed by atoms with Crippen molar-refractivity contribution in [3.63, 3.8) is 0 Å². The van der Waals surface area contributed by atoms with Gasteiger partial charge in [-0.1, -0.05) is 64.5 Å². The van der Waals surface area contributed by atoms with Gasteiger partial charge in [0, 0.05) is 10.0 Å². The van der Waals surface area contributed by atoms with Crippen LogP contribution in [0.25, 0.3) is 11.1 Å². The summed E-state index contributed by atoms with van der Waals surface area (Å²) in [6, 6.07) is 23.7. The van der Waals surface area contributed by atoms with E-state index in [2.05, 4.69) is 28.1 Å². The number of nitrogens with two attached hydrogens (primary N) is 1. The molecule has 0 amide bonds. The number of halogens is 1. The lowest BCUT2D eigenvalue weighted by atomic mass is 10.0. The lowest BCUT2D eigenvalue weighted by Crippen LogP contribution is -1.93. The summed E-state index contributed by atoms with van der Waals surface area (Å²) in [5.74, 6) is 1.44. The summed E-state index contributed by atoms with van der Waals surface area (Å²) in [7, 11) is 0. The van der Waals surface area contributed by atoms with Crippen LogP contribution in [0.5, 0.6) is 11.5 Å². The van der Waals surface area contributed by atoms with E-state index in [0.717, 1.165) is 21.3 Å². The van der Waals surface area contributed by atoms with Crippen LogP contribution in [0.1, 0.15) is 0 Å². The van der Waals surface area contributed by atoms with Crippen molar-refractivity contribution in [2.45, 2.75) is 0 Å². The Labute approximate surface area is 132 Å². The lowest BCUT2D eigenvalue weighted by Gasteiger charge is -2.13. The molecule has 0 spiro atoms. The van der Waals surface area contributed by atoms with Crippen LogP contribution in [0.3, 0.4) is 0 Å². The molecule has 0 heterocycles. The number of nitrogen functional groups attached to an aromatic ring is 1. The van der Waals surface area contributed by atoms with E-state index in [4.69, 9.17) is 10.5 Å². The monoisotopic (exact) mass is 339 g/mol. The second-order valence-corrected chi connectivity index (χ2v) is 5.56. The number of hydrogen-bond acceptors (Lipinski definition) is 2. The average molecular weight is 340 g/mol. The Morgan fingerprint density at radius 2 is 1.48 bits per heavy atom. The van der Waals surface area contributed by atoms with Crippen molar-refractivity contribution < 1.29 is 4.74 Å². The van der Waals surface area contributed by atoms with Gasteiger partial charge in [-0.25, -0.2) is 0 Å². The number of benzene rings is 3. The van der Waals surface area contributed by atoms with Gasteiger partial charge in [-0.15, -0.1) is 0 Å². The first kappa shape index (κ1) is 13.7. The number of rotatable bonds is 3. The molecule has 3 heteroatoms. The van der Waals surface area contributed by atoms with Crippen LogP contribution in [-0.4, -0.2) is 0 Å². The highest BCUT2D eigenvalue weighted by Gasteiger charge is 2.08. The minimum atomic E-state index is 0.604. The van der Waals surface area contributed by atoms with Crippen LogP contribution in [0, 0.1) is 0 Å². The highest BCUT2D eigenvalue weighted by Crippen LogP contribution is 2.35.